The zero-order valence-electron chi connectivity index (χ0n) is 12.1. The molecule has 0 spiro atoms. The van der Waals surface area contributed by atoms with E-state index in [1.54, 1.807) is 0 Å². The van der Waals surface area contributed by atoms with Gasteiger partial charge in [-0.25, -0.2) is 4.98 Å². The lowest BCUT2D eigenvalue weighted by Crippen LogP contribution is -2.26. The van der Waals surface area contributed by atoms with E-state index in [0.717, 1.165) is 36.2 Å². The Morgan fingerprint density at radius 2 is 2.05 bits per heavy atom. The first-order valence-electron chi connectivity index (χ1n) is 7.26. The van der Waals surface area contributed by atoms with Crippen molar-refractivity contribution < 1.29 is 0 Å². The number of benzene rings is 1. The van der Waals surface area contributed by atoms with Crippen molar-refractivity contribution in [3.05, 3.63) is 52.5 Å². The minimum Gasteiger partial charge on any atom is -0.333 e. The summed E-state index contributed by atoms with van der Waals surface area (Å²) in [5.41, 5.74) is 1.24. The fourth-order valence-electron chi connectivity index (χ4n) is 2.35. The average Bonchev–Trinajstić information content (AvgIpc) is 2.90. The van der Waals surface area contributed by atoms with Crippen LogP contribution >= 0.6 is 15.9 Å². The molecule has 0 saturated carbocycles. The zero-order valence-corrected chi connectivity index (χ0v) is 13.7. The van der Waals surface area contributed by atoms with Gasteiger partial charge in [0.25, 0.3) is 0 Å². The maximum absolute atomic E-state index is 4.59. The van der Waals surface area contributed by atoms with Gasteiger partial charge in [-0.15, -0.1) is 0 Å². The van der Waals surface area contributed by atoms with E-state index < -0.39 is 0 Å². The molecule has 0 radical (unpaired) electrons. The van der Waals surface area contributed by atoms with E-state index in [4.69, 9.17) is 0 Å². The molecule has 3 nitrogen and oxygen atoms in total. The van der Waals surface area contributed by atoms with Crippen LogP contribution in [0.2, 0.25) is 0 Å². The first-order chi connectivity index (χ1) is 9.77. The van der Waals surface area contributed by atoms with E-state index in [9.17, 15) is 0 Å². The van der Waals surface area contributed by atoms with Crippen LogP contribution in [0.5, 0.6) is 0 Å². The molecule has 1 aromatic carbocycles. The minimum absolute atomic E-state index is 0.132. The molecule has 0 amide bonds. The fourth-order valence-corrected chi connectivity index (χ4v) is 2.86. The van der Waals surface area contributed by atoms with Crippen molar-refractivity contribution in [1.82, 2.24) is 14.9 Å². The van der Waals surface area contributed by atoms with E-state index in [1.165, 1.54) is 5.56 Å². The SMILES string of the molecule is CCCNC(c1ccccc1Br)c1nccn1CCC. The summed E-state index contributed by atoms with van der Waals surface area (Å²) in [6.07, 6.45) is 6.17. The standard InChI is InChI=1S/C16H22BrN3/c1-3-9-18-15(13-7-5-6-8-14(13)17)16-19-10-12-20(16)11-4-2/h5-8,10,12,15,18H,3-4,9,11H2,1-2H3. The monoisotopic (exact) mass is 335 g/mol. The second-order valence-corrected chi connectivity index (χ2v) is 5.74. The van der Waals surface area contributed by atoms with Crippen LogP contribution in [0.1, 0.15) is 44.1 Å². The van der Waals surface area contributed by atoms with Crippen molar-refractivity contribution in [3.8, 4) is 0 Å². The number of nitrogens with zero attached hydrogens (tertiary/aromatic N) is 2. The van der Waals surface area contributed by atoms with Crippen LogP contribution in [0.15, 0.2) is 41.1 Å². The van der Waals surface area contributed by atoms with Gasteiger partial charge < -0.3 is 9.88 Å². The Hall–Kier alpha value is -1.13. The van der Waals surface area contributed by atoms with Crippen molar-refractivity contribution in [3.63, 3.8) is 0 Å². The molecule has 0 bridgehead atoms. The maximum atomic E-state index is 4.59. The van der Waals surface area contributed by atoms with Gasteiger partial charge in [-0.3, -0.25) is 0 Å². The topological polar surface area (TPSA) is 29.9 Å². The largest absolute Gasteiger partial charge is 0.333 e. The van der Waals surface area contributed by atoms with Crippen LogP contribution in [0, 0.1) is 0 Å². The lowest BCUT2D eigenvalue weighted by molar-refractivity contribution is 0.529. The van der Waals surface area contributed by atoms with Crippen LogP contribution in [0.25, 0.3) is 0 Å². The lowest BCUT2D eigenvalue weighted by atomic mass is 10.1. The van der Waals surface area contributed by atoms with Gasteiger partial charge in [0, 0.05) is 23.4 Å². The molecular formula is C16H22BrN3. The van der Waals surface area contributed by atoms with Gasteiger partial charge in [0.05, 0.1) is 6.04 Å². The molecule has 1 aromatic heterocycles. The lowest BCUT2D eigenvalue weighted by Gasteiger charge is -2.21. The number of hydrogen-bond donors (Lipinski definition) is 1. The first-order valence-corrected chi connectivity index (χ1v) is 8.06. The highest BCUT2D eigenvalue weighted by Crippen LogP contribution is 2.27. The van der Waals surface area contributed by atoms with Crippen LogP contribution in [0.4, 0.5) is 0 Å². The molecule has 4 heteroatoms. The molecule has 0 aliphatic heterocycles. The van der Waals surface area contributed by atoms with Crippen molar-refractivity contribution >= 4 is 15.9 Å². The number of hydrogen-bond acceptors (Lipinski definition) is 2. The first kappa shape index (κ1) is 15.3. The highest BCUT2D eigenvalue weighted by atomic mass is 79.9. The molecular weight excluding hydrogens is 314 g/mol. The molecule has 1 atom stereocenters. The van der Waals surface area contributed by atoms with E-state index in [0.29, 0.717) is 0 Å². The van der Waals surface area contributed by atoms with Crippen molar-refractivity contribution in [2.75, 3.05) is 6.54 Å². The Balaban J connectivity index is 2.37. The smallest absolute Gasteiger partial charge is 0.130 e. The van der Waals surface area contributed by atoms with Crippen molar-refractivity contribution in [2.45, 2.75) is 39.3 Å². The van der Waals surface area contributed by atoms with E-state index in [1.807, 2.05) is 12.3 Å². The molecule has 1 heterocycles. The molecule has 20 heavy (non-hydrogen) atoms. The summed E-state index contributed by atoms with van der Waals surface area (Å²) in [6, 6.07) is 8.49. The third kappa shape index (κ3) is 3.49. The van der Waals surface area contributed by atoms with Gasteiger partial charge in [0.2, 0.25) is 0 Å². The Labute approximate surface area is 129 Å². The number of imidazole rings is 1. The Bertz CT molecular complexity index is 536. The summed E-state index contributed by atoms with van der Waals surface area (Å²) < 4.78 is 3.37. The third-order valence-corrected chi connectivity index (χ3v) is 4.01. The van der Waals surface area contributed by atoms with Crippen molar-refractivity contribution in [1.29, 1.82) is 0 Å². The Kier molecular flexibility index (Phi) is 5.80. The average molecular weight is 336 g/mol. The Morgan fingerprint density at radius 3 is 2.75 bits per heavy atom. The van der Waals surface area contributed by atoms with Crippen LogP contribution in [-0.2, 0) is 6.54 Å². The quantitative estimate of drug-likeness (QED) is 0.823. The predicted molar refractivity (Wildman–Crippen MR) is 86.8 cm³/mol. The van der Waals surface area contributed by atoms with Gasteiger partial charge in [-0.2, -0.15) is 0 Å². The van der Waals surface area contributed by atoms with Gasteiger partial charge in [0.1, 0.15) is 5.82 Å². The molecule has 0 fully saturated rings. The molecule has 0 aliphatic carbocycles. The van der Waals surface area contributed by atoms with Crippen LogP contribution in [-0.4, -0.2) is 16.1 Å². The van der Waals surface area contributed by atoms with E-state index in [2.05, 4.69) is 69.0 Å². The van der Waals surface area contributed by atoms with Gasteiger partial charge in [-0.05, 0) is 31.0 Å². The number of rotatable bonds is 7. The summed E-state index contributed by atoms with van der Waals surface area (Å²) >= 11 is 3.66. The summed E-state index contributed by atoms with van der Waals surface area (Å²) in [5, 5.41) is 3.61. The molecule has 1 N–H and O–H groups in total. The van der Waals surface area contributed by atoms with Gasteiger partial charge >= 0.3 is 0 Å². The van der Waals surface area contributed by atoms with E-state index in [-0.39, 0.29) is 6.04 Å². The normalized spacial score (nSPS) is 12.6. The number of halogens is 1. The molecule has 0 aliphatic rings. The number of nitrogens with one attached hydrogen (secondary N) is 1. The molecule has 108 valence electrons. The summed E-state index contributed by atoms with van der Waals surface area (Å²) in [6.45, 7) is 6.36. The third-order valence-electron chi connectivity index (χ3n) is 3.29. The summed E-state index contributed by atoms with van der Waals surface area (Å²) in [5.74, 6) is 1.09. The van der Waals surface area contributed by atoms with Crippen LogP contribution in [0.3, 0.4) is 0 Å². The van der Waals surface area contributed by atoms with Crippen LogP contribution < -0.4 is 5.32 Å². The molecule has 0 saturated heterocycles. The number of aryl methyl sites for hydroxylation is 1. The minimum atomic E-state index is 0.132. The fraction of sp³-hybridized carbons (Fsp3) is 0.438. The maximum Gasteiger partial charge on any atom is 0.130 e. The second kappa shape index (κ2) is 7.60. The molecule has 2 aromatic rings. The highest BCUT2D eigenvalue weighted by Gasteiger charge is 2.20. The van der Waals surface area contributed by atoms with Crippen molar-refractivity contribution in [2.24, 2.45) is 0 Å². The highest BCUT2D eigenvalue weighted by molar-refractivity contribution is 9.10. The van der Waals surface area contributed by atoms with Gasteiger partial charge in [0.15, 0.2) is 0 Å². The van der Waals surface area contributed by atoms with E-state index >= 15 is 0 Å². The Morgan fingerprint density at radius 1 is 1.25 bits per heavy atom. The number of aromatic nitrogens is 2. The summed E-state index contributed by atoms with van der Waals surface area (Å²) in [4.78, 5) is 4.59. The second-order valence-electron chi connectivity index (χ2n) is 4.89. The van der Waals surface area contributed by atoms with Gasteiger partial charge in [-0.1, -0.05) is 48.0 Å². The molecule has 1 unspecified atom stereocenters. The zero-order chi connectivity index (χ0) is 14.4. The predicted octanol–water partition coefficient (Wildman–Crippen LogP) is 4.14. The summed E-state index contributed by atoms with van der Waals surface area (Å²) in [7, 11) is 0. The molecule has 2 rings (SSSR count).